The molecule has 1 aromatic rings. The van der Waals surface area contributed by atoms with E-state index < -0.39 is 0 Å². The third kappa shape index (κ3) is 4.15. The van der Waals surface area contributed by atoms with Crippen LogP contribution in [-0.2, 0) is 0 Å². The Bertz CT molecular complexity index is 373. The van der Waals surface area contributed by atoms with Gasteiger partial charge < -0.3 is 10.2 Å². The molecule has 0 amide bonds. The molecule has 1 saturated heterocycles. The van der Waals surface area contributed by atoms with Crippen molar-refractivity contribution >= 4 is 5.95 Å². The molecule has 0 bridgehead atoms. The minimum Gasteiger partial charge on any atom is -0.338 e. The number of hydrogen-bond donors (Lipinski definition) is 1. The van der Waals surface area contributed by atoms with Crippen molar-refractivity contribution < 1.29 is 0 Å². The minimum atomic E-state index is 0.558. The summed E-state index contributed by atoms with van der Waals surface area (Å²) in [7, 11) is 0. The lowest BCUT2D eigenvalue weighted by Gasteiger charge is -2.39. The van der Waals surface area contributed by atoms with E-state index in [1.165, 1.54) is 6.42 Å². The number of aromatic nitrogens is 2. The maximum Gasteiger partial charge on any atom is 0.225 e. The predicted molar refractivity (Wildman–Crippen MR) is 83.0 cm³/mol. The van der Waals surface area contributed by atoms with Crippen molar-refractivity contribution in [2.24, 2.45) is 0 Å². The topological polar surface area (TPSA) is 44.3 Å². The second-order valence-electron chi connectivity index (χ2n) is 5.70. The van der Waals surface area contributed by atoms with Crippen LogP contribution in [0.15, 0.2) is 18.5 Å². The van der Waals surface area contributed by atoms with Crippen molar-refractivity contribution in [1.82, 2.24) is 20.2 Å². The number of hydrogen-bond acceptors (Lipinski definition) is 5. The molecule has 112 valence electrons. The Hall–Kier alpha value is -1.20. The summed E-state index contributed by atoms with van der Waals surface area (Å²) in [6.07, 6.45) is 4.83. The van der Waals surface area contributed by atoms with E-state index in [4.69, 9.17) is 0 Å². The van der Waals surface area contributed by atoms with Gasteiger partial charge in [0.25, 0.3) is 0 Å². The maximum absolute atomic E-state index is 4.34. The van der Waals surface area contributed by atoms with Crippen molar-refractivity contribution in [3.05, 3.63) is 18.5 Å². The first kappa shape index (κ1) is 15.2. The Balaban J connectivity index is 1.83. The van der Waals surface area contributed by atoms with Crippen LogP contribution < -0.4 is 10.2 Å². The Morgan fingerprint density at radius 2 is 1.80 bits per heavy atom. The molecule has 0 spiro atoms. The van der Waals surface area contributed by atoms with Crippen molar-refractivity contribution in [3.63, 3.8) is 0 Å². The third-order valence-corrected chi connectivity index (χ3v) is 3.90. The highest BCUT2D eigenvalue weighted by molar-refractivity contribution is 5.29. The SMILES string of the molecule is CCC(CNC(C)C)N1CCN(c2ncccn2)CC1. The van der Waals surface area contributed by atoms with Crippen LogP contribution in [0.4, 0.5) is 5.95 Å². The standard InChI is InChI=1S/C15H27N5/c1-4-14(12-18-13(2)3)19-8-10-20(11-9-19)15-16-6-5-7-17-15/h5-7,13-14,18H,4,8-12H2,1-3H3. The zero-order valence-electron chi connectivity index (χ0n) is 12.9. The number of nitrogens with one attached hydrogen (secondary N) is 1. The first-order valence-corrected chi connectivity index (χ1v) is 7.70. The van der Waals surface area contributed by atoms with E-state index in [1.807, 2.05) is 18.5 Å². The normalized spacial score (nSPS) is 18.5. The lowest BCUT2D eigenvalue weighted by Crippen LogP contribution is -2.53. The van der Waals surface area contributed by atoms with E-state index in [0.717, 1.165) is 38.7 Å². The molecule has 0 aromatic carbocycles. The molecule has 1 aliphatic rings. The van der Waals surface area contributed by atoms with Gasteiger partial charge in [-0.1, -0.05) is 20.8 Å². The van der Waals surface area contributed by atoms with Gasteiger partial charge in [-0.05, 0) is 12.5 Å². The van der Waals surface area contributed by atoms with E-state index in [1.54, 1.807) is 0 Å². The molecule has 0 saturated carbocycles. The highest BCUT2D eigenvalue weighted by Crippen LogP contribution is 2.13. The van der Waals surface area contributed by atoms with Crippen LogP contribution in [0.25, 0.3) is 0 Å². The van der Waals surface area contributed by atoms with E-state index in [0.29, 0.717) is 12.1 Å². The second-order valence-corrected chi connectivity index (χ2v) is 5.70. The van der Waals surface area contributed by atoms with E-state index in [9.17, 15) is 0 Å². The van der Waals surface area contributed by atoms with E-state index in [-0.39, 0.29) is 0 Å². The van der Waals surface area contributed by atoms with E-state index in [2.05, 4.69) is 45.9 Å². The van der Waals surface area contributed by atoms with Crippen LogP contribution in [0.1, 0.15) is 27.2 Å². The predicted octanol–water partition coefficient (Wildman–Crippen LogP) is 1.38. The highest BCUT2D eigenvalue weighted by atomic mass is 15.3. The average Bonchev–Trinajstić information content (AvgIpc) is 2.49. The summed E-state index contributed by atoms with van der Waals surface area (Å²) in [5, 5.41) is 3.56. The Morgan fingerprint density at radius 3 is 2.35 bits per heavy atom. The highest BCUT2D eigenvalue weighted by Gasteiger charge is 2.23. The smallest absolute Gasteiger partial charge is 0.225 e. The Labute approximate surface area is 122 Å². The fraction of sp³-hybridized carbons (Fsp3) is 0.733. The lowest BCUT2D eigenvalue weighted by molar-refractivity contribution is 0.173. The Morgan fingerprint density at radius 1 is 1.15 bits per heavy atom. The molecule has 1 aromatic heterocycles. The van der Waals surface area contributed by atoms with Crippen LogP contribution in [0.5, 0.6) is 0 Å². The zero-order valence-corrected chi connectivity index (χ0v) is 12.9. The molecule has 1 atom stereocenters. The monoisotopic (exact) mass is 277 g/mol. The summed E-state index contributed by atoms with van der Waals surface area (Å²) < 4.78 is 0. The molecule has 2 heterocycles. The van der Waals surface area contributed by atoms with Gasteiger partial charge in [0.2, 0.25) is 5.95 Å². The summed E-state index contributed by atoms with van der Waals surface area (Å²) in [5.41, 5.74) is 0. The van der Waals surface area contributed by atoms with Crippen molar-refractivity contribution in [2.45, 2.75) is 39.3 Å². The zero-order chi connectivity index (χ0) is 14.4. The Kier molecular flexibility index (Phi) is 5.73. The molecule has 0 aliphatic carbocycles. The average molecular weight is 277 g/mol. The molecular formula is C15H27N5. The van der Waals surface area contributed by atoms with Crippen LogP contribution in [0.2, 0.25) is 0 Å². The van der Waals surface area contributed by atoms with Gasteiger partial charge >= 0.3 is 0 Å². The molecule has 2 rings (SSSR count). The molecule has 0 radical (unpaired) electrons. The van der Waals surface area contributed by atoms with Gasteiger partial charge in [0, 0.05) is 57.2 Å². The molecule has 1 aliphatic heterocycles. The quantitative estimate of drug-likeness (QED) is 0.851. The molecule has 5 nitrogen and oxygen atoms in total. The van der Waals surface area contributed by atoms with Gasteiger partial charge in [0.15, 0.2) is 0 Å². The van der Waals surface area contributed by atoms with Gasteiger partial charge in [-0.3, -0.25) is 4.90 Å². The summed E-state index contributed by atoms with van der Waals surface area (Å²) in [4.78, 5) is 13.5. The number of rotatable bonds is 6. The van der Waals surface area contributed by atoms with Gasteiger partial charge in [-0.15, -0.1) is 0 Å². The number of nitrogens with zero attached hydrogens (tertiary/aromatic N) is 4. The molecule has 1 N–H and O–H groups in total. The van der Waals surface area contributed by atoms with Crippen LogP contribution in [0, 0.1) is 0 Å². The molecule has 5 heteroatoms. The maximum atomic E-state index is 4.34. The summed E-state index contributed by atoms with van der Waals surface area (Å²) in [6, 6.07) is 3.06. The number of anilines is 1. The van der Waals surface area contributed by atoms with E-state index >= 15 is 0 Å². The van der Waals surface area contributed by atoms with Crippen molar-refractivity contribution in [2.75, 3.05) is 37.6 Å². The van der Waals surface area contributed by atoms with Gasteiger partial charge in [0.1, 0.15) is 0 Å². The van der Waals surface area contributed by atoms with Gasteiger partial charge in [-0.2, -0.15) is 0 Å². The molecule has 20 heavy (non-hydrogen) atoms. The van der Waals surface area contributed by atoms with Crippen LogP contribution >= 0.6 is 0 Å². The first-order chi connectivity index (χ1) is 9.70. The van der Waals surface area contributed by atoms with Gasteiger partial charge in [-0.25, -0.2) is 9.97 Å². The molecular weight excluding hydrogens is 250 g/mol. The summed E-state index contributed by atoms with van der Waals surface area (Å²) >= 11 is 0. The van der Waals surface area contributed by atoms with Crippen LogP contribution in [-0.4, -0.2) is 59.7 Å². The third-order valence-electron chi connectivity index (χ3n) is 3.90. The second kappa shape index (κ2) is 7.55. The fourth-order valence-corrected chi connectivity index (χ4v) is 2.64. The lowest BCUT2D eigenvalue weighted by atomic mass is 10.1. The van der Waals surface area contributed by atoms with Crippen molar-refractivity contribution in [1.29, 1.82) is 0 Å². The van der Waals surface area contributed by atoms with Crippen molar-refractivity contribution in [3.8, 4) is 0 Å². The first-order valence-electron chi connectivity index (χ1n) is 7.70. The largest absolute Gasteiger partial charge is 0.338 e. The number of piperazine rings is 1. The summed E-state index contributed by atoms with van der Waals surface area (Å²) in [5.74, 6) is 0.862. The molecule has 1 fully saturated rings. The summed E-state index contributed by atoms with van der Waals surface area (Å²) in [6.45, 7) is 12.0. The molecule has 1 unspecified atom stereocenters. The van der Waals surface area contributed by atoms with Gasteiger partial charge in [0.05, 0.1) is 0 Å². The van der Waals surface area contributed by atoms with Crippen LogP contribution in [0.3, 0.4) is 0 Å². The fourth-order valence-electron chi connectivity index (χ4n) is 2.64. The minimum absolute atomic E-state index is 0.558.